The summed E-state index contributed by atoms with van der Waals surface area (Å²) in [6, 6.07) is 8.18. The van der Waals surface area contributed by atoms with E-state index >= 15 is 0 Å². The SMILES string of the molecule is CC.CCC1CC(C)OC(=O)[C@@H](N)CCO1.Oc1ccccc1. The predicted octanol–water partition coefficient (Wildman–Crippen LogP) is 3.25. The van der Waals surface area contributed by atoms with Crippen molar-refractivity contribution in [3.8, 4) is 5.75 Å². The normalized spacial score (nSPS) is 24.4. The van der Waals surface area contributed by atoms with Crippen molar-refractivity contribution in [1.82, 2.24) is 0 Å². The van der Waals surface area contributed by atoms with E-state index in [2.05, 4.69) is 6.92 Å². The molecule has 0 aliphatic carbocycles. The van der Waals surface area contributed by atoms with E-state index in [1.54, 1.807) is 24.3 Å². The van der Waals surface area contributed by atoms with Crippen molar-refractivity contribution in [3.05, 3.63) is 30.3 Å². The van der Waals surface area contributed by atoms with E-state index in [4.69, 9.17) is 20.3 Å². The average Bonchev–Trinajstić information content (AvgIpc) is 2.61. The third kappa shape index (κ3) is 9.92. The molecule has 23 heavy (non-hydrogen) atoms. The fourth-order valence-corrected chi connectivity index (χ4v) is 1.96. The summed E-state index contributed by atoms with van der Waals surface area (Å²) in [6.07, 6.45) is 2.33. The highest BCUT2D eigenvalue weighted by Crippen LogP contribution is 2.13. The van der Waals surface area contributed by atoms with Crippen LogP contribution in [0.2, 0.25) is 0 Å². The summed E-state index contributed by atoms with van der Waals surface area (Å²) in [5.41, 5.74) is 5.61. The summed E-state index contributed by atoms with van der Waals surface area (Å²) in [6.45, 7) is 8.49. The number of cyclic esters (lactones) is 1. The third-order valence-corrected chi connectivity index (χ3v) is 3.21. The number of hydrogen-bond acceptors (Lipinski definition) is 5. The number of benzene rings is 1. The van der Waals surface area contributed by atoms with Gasteiger partial charge in [-0.3, -0.25) is 4.79 Å². The van der Waals surface area contributed by atoms with Crippen LogP contribution >= 0.6 is 0 Å². The van der Waals surface area contributed by atoms with Gasteiger partial charge in [-0.1, -0.05) is 39.0 Å². The molecule has 0 bridgehead atoms. The largest absolute Gasteiger partial charge is 0.508 e. The van der Waals surface area contributed by atoms with Crippen molar-refractivity contribution in [3.63, 3.8) is 0 Å². The van der Waals surface area contributed by atoms with Crippen molar-refractivity contribution in [2.75, 3.05) is 6.61 Å². The van der Waals surface area contributed by atoms with E-state index in [9.17, 15) is 4.79 Å². The lowest BCUT2D eigenvalue weighted by atomic mass is 10.1. The monoisotopic (exact) mass is 325 g/mol. The molecule has 1 saturated heterocycles. The van der Waals surface area contributed by atoms with Crippen molar-refractivity contribution in [1.29, 1.82) is 0 Å². The zero-order chi connectivity index (χ0) is 17.7. The molecule has 3 atom stereocenters. The lowest BCUT2D eigenvalue weighted by molar-refractivity contribution is -0.150. The minimum atomic E-state index is -0.534. The van der Waals surface area contributed by atoms with Gasteiger partial charge in [0.25, 0.3) is 0 Å². The predicted molar refractivity (Wildman–Crippen MR) is 92.2 cm³/mol. The number of phenolic OH excluding ortho intramolecular Hbond substituents is 1. The fourth-order valence-electron chi connectivity index (χ4n) is 1.96. The maximum atomic E-state index is 11.3. The van der Waals surface area contributed by atoms with Crippen LogP contribution in [0.25, 0.3) is 0 Å². The zero-order valence-corrected chi connectivity index (χ0v) is 14.7. The number of para-hydroxylation sites is 1. The molecule has 1 aliphatic heterocycles. The number of nitrogens with two attached hydrogens (primary N) is 1. The minimum absolute atomic E-state index is 0.100. The molecule has 3 N–H and O–H groups in total. The van der Waals surface area contributed by atoms with E-state index in [-0.39, 0.29) is 18.2 Å². The van der Waals surface area contributed by atoms with Gasteiger partial charge in [0.15, 0.2) is 0 Å². The van der Waals surface area contributed by atoms with Gasteiger partial charge in [0.2, 0.25) is 0 Å². The van der Waals surface area contributed by atoms with Gasteiger partial charge in [0.1, 0.15) is 17.9 Å². The second-order valence-electron chi connectivity index (χ2n) is 5.11. The Balaban J connectivity index is 0.000000449. The van der Waals surface area contributed by atoms with Gasteiger partial charge in [-0.05, 0) is 31.9 Å². The highest BCUT2D eigenvalue weighted by atomic mass is 16.5. The Bertz CT molecular complexity index is 411. The van der Waals surface area contributed by atoms with E-state index in [0.29, 0.717) is 18.8 Å². The number of aromatic hydroxyl groups is 1. The average molecular weight is 325 g/mol. The molecule has 1 aromatic rings. The molecule has 0 spiro atoms. The lowest BCUT2D eigenvalue weighted by Crippen LogP contribution is -2.34. The third-order valence-electron chi connectivity index (χ3n) is 3.21. The van der Waals surface area contributed by atoms with Gasteiger partial charge in [0, 0.05) is 13.0 Å². The van der Waals surface area contributed by atoms with Crippen molar-refractivity contribution >= 4 is 5.97 Å². The van der Waals surface area contributed by atoms with E-state index in [1.165, 1.54) is 0 Å². The summed E-state index contributed by atoms with van der Waals surface area (Å²) in [7, 11) is 0. The Labute approximate surface area is 139 Å². The molecule has 0 aromatic heterocycles. The molecule has 0 radical (unpaired) electrons. The standard InChI is InChI=1S/C10H19NO3.C6H6O.C2H6/c1-3-8-6-7(2)14-10(12)9(11)4-5-13-8;7-6-4-2-1-3-5-6;1-2/h7-9H,3-6,11H2,1-2H3;1-5,7H;1-2H3/t7?,8?,9-;;/m0../s1. The summed E-state index contributed by atoms with van der Waals surface area (Å²) in [5, 5.41) is 8.63. The Morgan fingerprint density at radius 1 is 1.26 bits per heavy atom. The Morgan fingerprint density at radius 3 is 2.35 bits per heavy atom. The zero-order valence-electron chi connectivity index (χ0n) is 14.7. The number of phenols is 1. The Kier molecular flexibility index (Phi) is 12.0. The highest BCUT2D eigenvalue weighted by molar-refractivity contribution is 5.75. The molecule has 1 aromatic carbocycles. The molecule has 1 aliphatic rings. The van der Waals surface area contributed by atoms with Crippen molar-refractivity contribution < 1.29 is 19.4 Å². The summed E-state index contributed by atoms with van der Waals surface area (Å²) in [5.74, 6) is 0.0142. The maximum Gasteiger partial charge on any atom is 0.323 e. The molecule has 2 unspecified atom stereocenters. The molecule has 2 rings (SSSR count). The topological polar surface area (TPSA) is 81.8 Å². The Hall–Kier alpha value is -1.59. The van der Waals surface area contributed by atoms with Crippen LogP contribution in [-0.4, -0.2) is 35.9 Å². The van der Waals surface area contributed by atoms with Crippen LogP contribution in [0.3, 0.4) is 0 Å². The number of carbonyl (C=O) groups is 1. The van der Waals surface area contributed by atoms with Crippen LogP contribution in [0.15, 0.2) is 30.3 Å². The van der Waals surface area contributed by atoms with Gasteiger partial charge < -0.3 is 20.3 Å². The number of ether oxygens (including phenoxy) is 2. The second kappa shape index (κ2) is 12.9. The quantitative estimate of drug-likeness (QED) is 0.775. The molecule has 0 amide bonds. The first kappa shape index (κ1) is 21.4. The highest BCUT2D eigenvalue weighted by Gasteiger charge is 2.23. The molecule has 132 valence electrons. The van der Waals surface area contributed by atoms with Crippen molar-refractivity contribution in [2.45, 2.75) is 65.2 Å². The van der Waals surface area contributed by atoms with Crippen LogP contribution < -0.4 is 5.73 Å². The number of carbonyl (C=O) groups excluding carboxylic acids is 1. The smallest absolute Gasteiger partial charge is 0.323 e. The first-order valence-corrected chi connectivity index (χ1v) is 8.34. The maximum absolute atomic E-state index is 11.3. The van der Waals surface area contributed by atoms with Gasteiger partial charge >= 0.3 is 5.97 Å². The van der Waals surface area contributed by atoms with Gasteiger partial charge in [-0.25, -0.2) is 0 Å². The summed E-state index contributed by atoms with van der Waals surface area (Å²) < 4.78 is 10.8. The molecule has 1 heterocycles. The second-order valence-corrected chi connectivity index (χ2v) is 5.11. The van der Waals surface area contributed by atoms with Crippen LogP contribution in [0.5, 0.6) is 5.75 Å². The molecule has 1 fully saturated rings. The fraction of sp³-hybridized carbons (Fsp3) is 0.611. The number of hydrogen-bond donors (Lipinski definition) is 2. The van der Waals surface area contributed by atoms with Crippen LogP contribution in [0, 0.1) is 0 Å². The summed E-state index contributed by atoms with van der Waals surface area (Å²) >= 11 is 0. The molecule has 5 heteroatoms. The van der Waals surface area contributed by atoms with Gasteiger partial charge in [-0.2, -0.15) is 0 Å². The Morgan fingerprint density at radius 2 is 1.87 bits per heavy atom. The first-order valence-electron chi connectivity index (χ1n) is 8.34. The van der Waals surface area contributed by atoms with Gasteiger partial charge in [0.05, 0.1) is 6.10 Å². The lowest BCUT2D eigenvalue weighted by Gasteiger charge is -2.18. The number of rotatable bonds is 1. The van der Waals surface area contributed by atoms with Crippen LogP contribution in [0.4, 0.5) is 0 Å². The van der Waals surface area contributed by atoms with Gasteiger partial charge in [-0.15, -0.1) is 0 Å². The first-order chi connectivity index (χ1) is 11.0. The van der Waals surface area contributed by atoms with E-state index in [0.717, 1.165) is 12.8 Å². The van der Waals surface area contributed by atoms with E-state index in [1.807, 2.05) is 26.8 Å². The van der Waals surface area contributed by atoms with Crippen LogP contribution in [-0.2, 0) is 14.3 Å². The molecule has 5 nitrogen and oxygen atoms in total. The molecular weight excluding hydrogens is 294 g/mol. The molecular formula is C18H31NO4. The number of esters is 1. The summed E-state index contributed by atoms with van der Waals surface area (Å²) in [4.78, 5) is 11.3. The minimum Gasteiger partial charge on any atom is -0.508 e. The van der Waals surface area contributed by atoms with Crippen LogP contribution in [0.1, 0.15) is 47.0 Å². The van der Waals surface area contributed by atoms with Crippen molar-refractivity contribution in [2.24, 2.45) is 5.73 Å². The molecule has 0 saturated carbocycles. The van der Waals surface area contributed by atoms with E-state index < -0.39 is 6.04 Å².